The molecule has 2 rings (SSSR count). The third-order valence-corrected chi connectivity index (χ3v) is 3.81. The van der Waals surface area contributed by atoms with E-state index < -0.39 is 0 Å². The first kappa shape index (κ1) is 14.7. The van der Waals surface area contributed by atoms with Crippen molar-refractivity contribution >= 4 is 17.2 Å². The van der Waals surface area contributed by atoms with E-state index in [9.17, 15) is 4.79 Å². The van der Waals surface area contributed by atoms with Gasteiger partial charge in [-0.2, -0.15) is 11.3 Å². The van der Waals surface area contributed by atoms with Crippen LogP contribution in [0.5, 0.6) is 0 Å². The minimum absolute atomic E-state index is 0.151. The molecule has 1 unspecified atom stereocenters. The maximum Gasteiger partial charge on any atom is 0.273 e. The Balaban J connectivity index is 1.83. The fourth-order valence-electron chi connectivity index (χ4n) is 2.04. The van der Waals surface area contributed by atoms with Crippen molar-refractivity contribution in [2.24, 2.45) is 7.05 Å². The Morgan fingerprint density at radius 1 is 1.55 bits per heavy atom. The van der Waals surface area contributed by atoms with Gasteiger partial charge in [-0.3, -0.25) is 9.48 Å². The topological polar surface area (TPSA) is 80.0 Å². The van der Waals surface area contributed by atoms with Crippen LogP contribution in [0.3, 0.4) is 0 Å². The number of carbonyl (C=O) groups is 1. The maximum absolute atomic E-state index is 11.8. The van der Waals surface area contributed by atoms with Crippen LogP contribution in [-0.4, -0.2) is 39.2 Å². The van der Waals surface area contributed by atoms with Gasteiger partial charge in [0.1, 0.15) is 0 Å². The zero-order valence-electron chi connectivity index (χ0n) is 11.3. The number of amides is 1. The van der Waals surface area contributed by atoms with Crippen LogP contribution >= 0.6 is 11.3 Å². The fraction of sp³-hybridized carbons (Fsp3) is 0.462. The number of aryl methyl sites for hydroxylation is 1. The van der Waals surface area contributed by atoms with Gasteiger partial charge >= 0.3 is 0 Å². The number of nitrogens with zero attached hydrogens (tertiary/aromatic N) is 3. The van der Waals surface area contributed by atoms with Crippen LogP contribution in [0, 0.1) is 0 Å². The monoisotopic (exact) mass is 294 g/mol. The highest BCUT2D eigenvalue weighted by Gasteiger charge is 2.13. The zero-order valence-corrected chi connectivity index (χ0v) is 12.1. The smallest absolute Gasteiger partial charge is 0.273 e. The number of hydrogen-bond acceptors (Lipinski definition) is 5. The van der Waals surface area contributed by atoms with Gasteiger partial charge in [0.2, 0.25) is 0 Å². The summed E-state index contributed by atoms with van der Waals surface area (Å²) in [7, 11) is 1.72. The molecular weight excluding hydrogens is 276 g/mol. The van der Waals surface area contributed by atoms with Gasteiger partial charge in [0.15, 0.2) is 5.69 Å². The molecular formula is C13H18N4O2S. The molecule has 0 bridgehead atoms. The summed E-state index contributed by atoms with van der Waals surface area (Å²) in [6, 6.07) is 2.06. The van der Waals surface area contributed by atoms with Gasteiger partial charge in [-0.1, -0.05) is 5.21 Å². The van der Waals surface area contributed by atoms with Gasteiger partial charge in [-0.25, -0.2) is 0 Å². The Hall–Kier alpha value is -1.73. The molecule has 0 aliphatic heterocycles. The Bertz CT molecular complexity index is 538. The number of thiophene rings is 1. The second kappa shape index (κ2) is 7.16. The average molecular weight is 294 g/mol. The molecule has 2 aromatic rings. The van der Waals surface area contributed by atoms with Gasteiger partial charge in [0, 0.05) is 20.2 Å². The lowest BCUT2D eigenvalue weighted by molar-refractivity contribution is 0.0947. The summed E-state index contributed by atoms with van der Waals surface area (Å²) in [5.74, 6) is 0.0552. The molecule has 0 aliphatic carbocycles. The van der Waals surface area contributed by atoms with Gasteiger partial charge in [-0.05, 0) is 41.1 Å². The largest absolute Gasteiger partial charge is 0.396 e. The van der Waals surface area contributed by atoms with Crippen LogP contribution < -0.4 is 5.32 Å². The van der Waals surface area contributed by atoms with E-state index in [2.05, 4.69) is 27.1 Å². The first-order chi connectivity index (χ1) is 9.70. The molecule has 0 saturated carbocycles. The summed E-state index contributed by atoms with van der Waals surface area (Å²) in [6.45, 7) is 0.703. The van der Waals surface area contributed by atoms with E-state index in [0.29, 0.717) is 18.7 Å². The molecule has 0 aromatic carbocycles. The number of nitrogens with one attached hydrogen (secondary N) is 1. The minimum Gasteiger partial charge on any atom is -0.396 e. The van der Waals surface area contributed by atoms with Gasteiger partial charge < -0.3 is 10.4 Å². The number of rotatable bonds is 7. The van der Waals surface area contributed by atoms with Gasteiger partial charge in [0.05, 0.1) is 6.20 Å². The van der Waals surface area contributed by atoms with E-state index in [1.54, 1.807) is 24.6 Å². The second-order valence-electron chi connectivity index (χ2n) is 4.59. The first-order valence-electron chi connectivity index (χ1n) is 6.48. The third kappa shape index (κ3) is 3.88. The van der Waals surface area contributed by atoms with Crippen molar-refractivity contribution < 1.29 is 9.90 Å². The predicted octanol–water partition coefficient (Wildman–Crippen LogP) is 1.16. The summed E-state index contributed by atoms with van der Waals surface area (Å²) in [6.07, 6.45) is 3.08. The Kier molecular flexibility index (Phi) is 5.25. The van der Waals surface area contributed by atoms with E-state index in [0.717, 1.165) is 6.42 Å². The van der Waals surface area contributed by atoms with Crippen LogP contribution in [0.4, 0.5) is 0 Å². The van der Waals surface area contributed by atoms with Crippen molar-refractivity contribution in [3.63, 3.8) is 0 Å². The molecule has 0 fully saturated rings. The molecule has 0 radical (unpaired) electrons. The lowest BCUT2D eigenvalue weighted by atomic mass is 9.95. The molecule has 2 N–H and O–H groups in total. The van der Waals surface area contributed by atoms with Crippen LogP contribution in [0.15, 0.2) is 23.0 Å². The average Bonchev–Trinajstić information content (AvgIpc) is 3.08. The zero-order chi connectivity index (χ0) is 14.4. The van der Waals surface area contributed by atoms with Crippen LogP contribution in [0.1, 0.15) is 34.8 Å². The van der Waals surface area contributed by atoms with E-state index in [4.69, 9.17) is 5.11 Å². The van der Waals surface area contributed by atoms with E-state index in [-0.39, 0.29) is 18.4 Å². The number of aliphatic hydroxyl groups excluding tert-OH is 1. The number of aliphatic hydroxyl groups is 1. The number of carbonyl (C=O) groups excluding carboxylic acids is 1. The molecule has 0 spiro atoms. The number of hydrogen-bond donors (Lipinski definition) is 2. The highest BCUT2D eigenvalue weighted by Crippen LogP contribution is 2.24. The summed E-state index contributed by atoms with van der Waals surface area (Å²) in [4.78, 5) is 11.8. The molecule has 1 amide bonds. The molecule has 1 atom stereocenters. The standard InChI is InChI=1S/C13H18N4O2S/c1-17-8-12(15-16-17)13(19)14-5-2-10(3-6-18)11-4-7-20-9-11/h4,7-10,18H,2-3,5-6H2,1H3,(H,14,19). The Labute approximate surface area is 121 Å². The quantitative estimate of drug-likeness (QED) is 0.803. The van der Waals surface area contributed by atoms with Crippen LogP contribution in [0.25, 0.3) is 0 Å². The normalized spacial score (nSPS) is 12.3. The second-order valence-corrected chi connectivity index (χ2v) is 5.37. The molecule has 0 aliphatic rings. The molecule has 2 heterocycles. The molecule has 0 saturated heterocycles. The van der Waals surface area contributed by atoms with Gasteiger partial charge in [-0.15, -0.1) is 5.10 Å². The summed E-state index contributed by atoms with van der Waals surface area (Å²) in [5, 5.41) is 23.6. The van der Waals surface area contributed by atoms with Crippen molar-refractivity contribution in [1.29, 1.82) is 0 Å². The SMILES string of the molecule is Cn1cc(C(=O)NCCC(CCO)c2ccsc2)nn1. The van der Waals surface area contributed by atoms with Crippen molar-refractivity contribution in [2.75, 3.05) is 13.2 Å². The molecule has 6 nitrogen and oxygen atoms in total. The van der Waals surface area contributed by atoms with Crippen molar-refractivity contribution in [3.8, 4) is 0 Å². The minimum atomic E-state index is -0.217. The van der Waals surface area contributed by atoms with Gasteiger partial charge in [0.25, 0.3) is 5.91 Å². The molecule has 20 heavy (non-hydrogen) atoms. The Morgan fingerprint density at radius 2 is 2.40 bits per heavy atom. The highest BCUT2D eigenvalue weighted by molar-refractivity contribution is 7.07. The van der Waals surface area contributed by atoms with E-state index in [1.165, 1.54) is 10.2 Å². The van der Waals surface area contributed by atoms with E-state index >= 15 is 0 Å². The fourth-order valence-corrected chi connectivity index (χ4v) is 2.79. The maximum atomic E-state index is 11.8. The third-order valence-electron chi connectivity index (χ3n) is 3.11. The molecule has 7 heteroatoms. The summed E-state index contributed by atoms with van der Waals surface area (Å²) < 4.78 is 1.49. The first-order valence-corrected chi connectivity index (χ1v) is 7.42. The summed E-state index contributed by atoms with van der Waals surface area (Å²) >= 11 is 1.64. The van der Waals surface area contributed by atoms with Crippen LogP contribution in [-0.2, 0) is 7.05 Å². The molecule has 108 valence electrons. The van der Waals surface area contributed by atoms with E-state index in [1.807, 2.05) is 5.38 Å². The predicted molar refractivity (Wildman–Crippen MR) is 76.7 cm³/mol. The highest BCUT2D eigenvalue weighted by atomic mass is 32.1. The lowest BCUT2D eigenvalue weighted by Crippen LogP contribution is -2.26. The summed E-state index contributed by atoms with van der Waals surface area (Å²) in [5.41, 5.74) is 1.54. The lowest BCUT2D eigenvalue weighted by Gasteiger charge is -2.14. The van der Waals surface area contributed by atoms with Crippen LogP contribution in [0.2, 0.25) is 0 Å². The van der Waals surface area contributed by atoms with Crippen molar-refractivity contribution in [3.05, 3.63) is 34.3 Å². The number of aromatic nitrogens is 3. The van der Waals surface area contributed by atoms with Crippen molar-refractivity contribution in [1.82, 2.24) is 20.3 Å². The van der Waals surface area contributed by atoms with Crippen molar-refractivity contribution in [2.45, 2.75) is 18.8 Å². The molecule has 2 aromatic heterocycles. The Morgan fingerprint density at radius 3 is 3.00 bits per heavy atom.